The molecule has 0 atom stereocenters. The summed E-state index contributed by atoms with van der Waals surface area (Å²) in [6.07, 6.45) is 1.49. The van der Waals surface area contributed by atoms with E-state index in [0.29, 0.717) is 10.7 Å². The zero-order valence-electron chi connectivity index (χ0n) is 9.42. The van der Waals surface area contributed by atoms with Crippen LogP contribution in [0.25, 0.3) is 0 Å². The maximum absolute atomic E-state index is 11.8. The molecule has 0 aliphatic carbocycles. The van der Waals surface area contributed by atoms with Crippen LogP contribution in [-0.2, 0) is 11.3 Å². The van der Waals surface area contributed by atoms with E-state index in [2.05, 4.69) is 10.4 Å². The fraction of sp³-hybridized carbons (Fsp3) is 0.556. The number of amides is 1. The molecular weight excluding hydrogens is 291 g/mol. The molecule has 18 heavy (non-hydrogen) atoms. The Hall–Kier alpha value is -0.890. The minimum Gasteiger partial charge on any atom is -0.354 e. The number of thioether (sulfide) groups is 1. The quantitative estimate of drug-likeness (QED) is 0.848. The van der Waals surface area contributed by atoms with Gasteiger partial charge < -0.3 is 5.32 Å². The van der Waals surface area contributed by atoms with E-state index in [1.807, 2.05) is 0 Å². The minimum absolute atomic E-state index is 0.0446. The third kappa shape index (κ3) is 5.63. The van der Waals surface area contributed by atoms with Crippen molar-refractivity contribution in [2.45, 2.75) is 19.0 Å². The Balaban J connectivity index is 2.26. The van der Waals surface area contributed by atoms with Crippen molar-refractivity contribution < 1.29 is 18.0 Å². The molecule has 0 spiro atoms. The Morgan fingerprint density at radius 2 is 2.28 bits per heavy atom. The molecule has 0 aliphatic heterocycles. The molecule has 0 saturated carbocycles. The van der Waals surface area contributed by atoms with Crippen molar-refractivity contribution >= 4 is 29.3 Å². The zero-order valence-corrected chi connectivity index (χ0v) is 11.0. The van der Waals surface area contributed by atoms with Crippen LogP contribution < -0.4 is 5.32 Å². The van der Waals surface area contributed by atoms with Crippen LogP contribution in [0.3, 0.4) is 0 Å². The van der Waals surface area contributed by atoms with Gasteiger partial charge in [0.05, 0.1) is 10.7 Å². The SMILES string of the molecule is Cc1nn(CC(=O)NCCSC(F)(F)F)cc1Cl. The second-order valence-corrected chi connectivity index (χ2v) is 4.97. The van der Waals surface area contributed by atoms with Gasteiger partial charge in [0.15, 0.2) is 0 Å². The van der Waals surface area contributed by atoms with Crippen molar-refractivity contribution in [2.24, 2.45) is 0 Å². The fourth-order valence-electron chi connectivity index (χ4n) is 1.13. The lowest BCUT2D eigenvalue weighted by Gasteiger charge is -2.07. The first kappa shape index (κ1) is 15.2. The Kier molecular flexibility index (Phi) is 5.33. The summed E-state index contributed by atoms with van der Waals surface area (Å²) in [6, 6.07) is 0. The van der Waals surface area contributed by atoms with Crippen molar-refractivity contribution in [3.8, 4) is 0 Å². The molecule has 1 amide bonds. The third-order valence-corrected chi connectivity index (χ3v) is 2.99. The summed E-state index contributed by atoms with van der Waals surface area (Å²) in [6.45, 7) is 1.58. The number of nitrogens with one attached hydrogen (secondary N) is 1. The minimum atomic E-state index is -4.27. The number of carbonyl (C=O) groups is 1. The Morgan fingerprint density at radius 1 is 1.61 bits per heavy atom. The summed E-state index contributed by atoms with van der Waals surface area (Å²) in [4.78, 5) is 11.4. The van der Waals surface area contributed by atoms with Gasteiger partial charge in [0, 0.05) is 18.5 Å². The first-order chi connectivity index (χ1) is 8.28. The van der Waals surface area contributed by atoms with Crippen molar-refractivity contribution in [3.63, 3.8) is 0 Å². The number of aryl methyl sites for hydroxylation is 1. The average molecular weight is 302 g/mol. The van der Waals surface area contributed by atoms with Gasteiger partial charge >= 0.3 is 5.51 Å². The largest absolute Gasteiger partial charge is 0.441 e. The van der Waals surface area contributed by atoms with Gasteiger partial charge in [-0.2, -0.15) is 18.3 Å². The highest BCUT2D eigenvalue weighted by Crippen LogP contribution is 2.29. The number of hydrogen-bond donors (Lipinski definition) is 1. The van der Waals surface area contributed by atoms with Gasteiger partial charge in [0.1, 0.15) is 6.54 Å². The van der Waals surface area contributed by atoms with Crippen LogP contribution >= 0.6 is 23.4 Å². The molecule has 1 aromatic heterocycles. The van der Waals surface area contributed by atoms with Gasteiger partial charge in [-0.3, -0.25) is 9.48 Å². The number of carbonyl (C=O) groups excluding carboxylic acids is 1. The van der Waals surface area contributed by atoms with Gasteiger partial charge in [-0.25, -0.2) is 0 Å². The lowest BCUT2D eigenvalue weighted by atomic mass is 10.5. The first-order valence-electron chi connectivity index (χ1n) is 4.95. The fourth-order valence-corrected chi connectivity index (χ4v) is 1.72. The van der Waals surface area contributed by atoms with Crippen LogP contribution in [0.5, 0.6) is 0 Å². The molecule has 1 rings (SSSR count). The van der Waals surface area contributed by atoms with Crippen LogP contribution in [0.1, 0.15) is 5.69 Å². The maximum atomic E-state index is 11.8. The molecule has 0 aromatic carbocycles. The number of alkyl halides is 3. The third-order valence-electron chi connectivity index (χ3n) is 1.88. The van der Waals surface area contributed by atoms with E-state index in [1.165, 1.54) is 10.9 Å². The monoisotopic (exact) mass is 301 g/mol. The van der Waals surface area contributed by atoms with Crippen LogP contribution in [-0.4, -0.2) is 33.5 Å². The molecule has 0 unspecified atom stereocenters. The molecule has 0 saturated heterocycles. The summed E-state index contributed by atoms with van der Waals surface area (Å²) < 4.78 is 36.7. The highest BCUT2D eigenvalue weighted by molar-refractivity contribution is 8.00. The molecule has 0 aliphatic rings. The average Bonchev–Trinajstić information content (AvgIpc) is 2.51. The van der Waals surface area contributed by atoms with Crippen LogP contribution in [0, 0.1) is 6.92 Å². The zero-order chi connectivity index (χ0) is 13.8. The van der Waals surface area contributed by atoms with E-state index < -0.39 is 11.4 Å². The molecule has 9 heteroatoms. The molecule has 1 N–H and O–H groups in total. The summed E-state index contributed by atoms with van der Waals surface area (Å²) >= 11 is 5.58. The summed E-state index contributed by atoms with van der Waals surface area (Å²) in [7, 11) is 0. The summed E-state index contributed by atoms with van der Waals surface area (Å²) in [5.74, 6) is -0.620. The number of hydrogen-bond acceptors (Lipinski definition) is 3. The van der Waals surface area contributed by atoms with Crippen molar-refractivity contribution in [3.05, 3.63) is 16.9 Å². The van der Waals surface area contributed by atoms with E-state index in [1.54, 1.807) is 6.92 Å². The lowest BCUT2D eigenvalue weighted by Crippen LogP contribution is -2.30. The number of aromatic nitrogens is 2. The van der Waals surface area contributed by atoms with Gasteiger partial charge in [-0.15, -0.1) is 0 Å². The van der Waals surface area contributed by atoms with Gasteiger partial charge in [0.2, 0.25) is 5.91 Å². The van der Waals surface area contributed by atoms with Crippen molar-refractivity contribution in [1.29, 1.82) is 0 Å². The van der Waals surface area contributed by atoms with Gasteiger partial charge in [-0.1, -0.05) is 11.6 Å². The van der Waals surface area contributed by atoms with Crippen molar-refractivity contribution in [2.75, 3.05) is 12.3 Å². The number of rotatable bonds is 5. The van der Waals surface area contributed by atoms with E-state index in [4.69, 9.17) is 11.6 Å². The Bertz CT molecular complexity index is 402. The molecular formula is C9H11ClF3N3OS. The molecule has 0 radical (unpaired) electrons. The molecule has 4 nitrogen and oxygen atoms in total. The molecule has 0 bridgehead atoms. The van der Waals surface area contributed by atoms with Gasteiger partial charge in [0.25, 0.3) is 0 Å². The summed E-state index contributed by atoms with van der Waals surface area (Å²) in [5, 5.41) is 6.77. The standard InChI is InChI=1S/C9H11ClF3N3OS/c1-6-7(10)4-16(15-6)5-8(17)14-2-3-18-9(11,12)13/h4H,2-3,5H2,1H3,(H,14,17). The molecule has 1 aromatic rings. The highest BCUT2D eigenvalue weighted by Gasteiger charge is 2.27. The number of nitrogens with zero attached hydrogens (tertiary/aromatic N) is 2. The van der Waals surface area contributed by atoms with E-state index >= 15 is 0 Å². The molecule has 0 fully saturated rings. The maximum Gasteiger partial charge on any atom is 0.441 e. The first-order valence-corrected chi connectivity index (χ1v) is 6.31. The second kappa shape index (κ2) is 6.33. The van der Waals surface area contributed by atoms with Crippen LogP contribution in [0.15, 0.2) is 6.20 Å². The summed E-state index contributed by atoms with van der Waals surface area (Å²) in [5.41, 5.74) is -3.67. The number of halogens is 4. The smallest absolute Gasteiger partial charge is 0.354 e. The Morgan fingerprint density at radius 3 is 2.78 bits per heavy atom. The van der Waals surface area contributed by atoms with Crippen LogP contribution in [0.4, 0.5) is 13.2 Å². The predicted molar refractivity (Wildman–Crippen MR) is 63.5 cm³/mol. The van der Waals surface area contributed by atoms with Crippen molar-refractivity contribution in [1.82, 2.24) is 15.1 Å². The normalized spacial score (nSPS) is 11.6. The topological polar surface area (TPSA) is 46.9 Å². The van der Waals surface area contributed by atoms with Crippen LogP contribution in [0.2, 0.25) is 5.02 Å². The lowest BCUT2D eigenvalue weighted by molar-refractivity contribution is -0.121. The van der Waals surface area contributed by atoms with E-state index in [0.717, 1.165) is 0 Å². The second-order valence-electron chi connectivity index (χ2n) is 3.40. The Labute approximate surface area is 111 Å². The highest BCUT2D eigenvalue weighted by atomic mass is 35.5. The predicted octanol–water partition coefficient (Wildman–Crippen LogP) is 2.21. The van der Waals surface area contributed by atoms with E-state index in [9.17, 15) is 18.0 Å². The molecule has 102 valence electrons. The van der Waals surface area contributed by atoms with Gasteiger partial charge in [-0.05, 0) is 18.7 Å². The van der Waals surface area contributed by atoms with E-state index in [-0.39, 0.29) is 30.6 Å². The molecule has 1 heterocycles.